The van der Waals surface area contributed by atoms with Crippen molar-refractivity contribution in [2.75, 3.05) is 18.2 Å². The largest absolute Gasteiger partial charge is 0.483 e. The van der Waals surface area contributed by atoms with Gasteiger partial charge in [0.25, 0.3) is 5.91 Å². The van der Waals surface area contributed by atoms with E-state index in [1.165, 1.54) is 18.9 Å². The van der Waals surface area contributed by atoms with E-state index in [1.54, 1.807) is 18.5 Å². The van der Waals surface area contributed by atoms with Gasteiger partial charge in [-0.05, 0) is 56.5 Å². The molecule has 1 aromatic carbocycles. The number of methoxy groups -OCH3 is 1. The van der Waals surface area contributed by atoms with Crippen LogP contribution >= 0.6 is 23.1 Å². The molecule has 0 aliphatic rings. The highest BCUT2D eigenvalue weighted by atomic mass is 32.2. The maximum Gasteiger partial charge on any atom is 0.341 e. The highest BCUT2D eigenvalue weighted by Crippen LogP contribution is 2.34. The lowest BCUT2D eigenvalue weighted by Crippen LogP contribution is -2.16. The molecule has 2 amide bonds. The first-order valence-corrected chi connectivity index (χ1v) is 12.4. The Morgan fingerprint density at radius 3 is 2.43 bits per heavy atom. The Morgan fingerprint density at radius 1 is 1.17 bits per heavy atom. The zero-order chi connectivity index (χ0) is 25.9. The third-order valence-electron chi connectivity index (χ3n) is 5.09. The van der Waals surface area contributed by atoms with Gasteiger partial charge in [0.2, 0.25) is 5.91 Å². The van der Waals surface area contributed by atoms with E-state index in [2.05, 4.69) is 21.6 Å². The number of thiophene rings is 1. The van der Waals surface area contributed by atoms with Crippen LogP contribution < -0.4 is 15.8 Å². The molecular weight excluding hydrogens is 490 g/mol. The van der Waals surface area contributed by atoms with Crippen LogP contribution in [-0.2, 0) is 16.6 Å². The first-order valence-electron chi connectivity index (χ1n) is 10.6. The lowest BCUT2D eigenvalue weighted by atomic mass is 10.1. The molecule has 0 fully saturated rings. The third kappa shape index (κ3) is 6.01. The summed E-state index contributed by atoms with van der Waals surface area (Å²) in [6, 6.07) is 5.98. The molecule has 0 radical (unpaired) electrons. The average molecular weight is 518 g/mol. The number of thioether (sulfide) groups is 1. The predicted molar refractivity (Wildman–Crippen MR) is 134 cm³/mol. The smallest absolute Gasteiger partial charge is 0.341 e. The predicted octanol–water partition coefficient (Wildman–Crippen LogP) is 3.56. The Hall–Kier alpha value is -3.38. The van der Waals surface area contributed by atoms with Crippen LogP contribution in [0.1, 0.15) is 55.6 Å². The number of benzene rings is 1. The number of nitrogens with two attached hydrogens (primary N) is 1. The summed E-state index contributed by atoms with van der Waals surface area (Å²) < 4.78 is 12.6. The standard InChI is InChI=1S/C23H27N5O5S2/c1-11-7-12(2)9-15(8-11)33-14(4)20-26-27-23(28(20)5)34-10-16(29)25-21-17(22(31)32-6)13(3)18(35-21)19(24)30/h7-9,14H,10H2,1-6H3,(H2,24,30)(H,25,29). The van der Waals surface area contributed by atoms with Crippen molar-refractivity contribution in [1.29, 1.82) is 0 Å². The first kappa shape index (κ1) is 26.2. The fourth-order valence-corrected chi connectivity index (χ4v) is 5.32. The second-order valence-electron chi connectivity index (χ2n) is 7.94. The summed E-state index contributed by atoms with van der Waals surface area (Å²) in [5.74, 6) is -0.376. The molecule has 1 unspecified atom stereocenters. The molecule has 0 bridgehead atoms. The zero-order valence-electron chi connectivity index (χ0n) is 20.3. The van der Waals surface area contributed by atoms with E-state index in [-0.39, 0.29) is 33.2 Å². The number of esters is 1. The Balaban J connectivity index is 1.68. The van der Waals surface area contributed by atoms with Gasteiger partial charge in [-0.3, -0.25) is 9.59 Å². The second kappa shape index (κ2) is 10.9. The number of nitrogens with zero attached hydrogens (tertiary/aromatic N) is 3. The van der Waals surface area contributed by atoms with Crippen LogP contribution in [-0.4, -0.2) is 45.4 Å². The van der Waals surface area contributed by atoms with Crippen molar-refractivity contribution >= 4 is 45.9 Å². The van der Waals surface area contributed by atoms with Crippen molar-refractivity contribution < 1.29 is 23.9 Å². The van der Waals surface area contributed by atoms with E-state index in [0.717, 1.165) is 28.2 Å². The Labute approximate surface area is 211 Å². The van der Waals surface area contributed by atoms with Crippen LogP contribution in [0.2, 0.25) is 0 Å². The minimum atomic E-state index is -0.684. The number of hydrogen-bond acceptors (Lipinski definition) is 9. The summed E-state index contributed by atoms with van der Waals surface area (Å²) in [5, 5.41) is 11.8. The average Bonchev–Trinajstić information content (AvgIpc) is 3.30. The van der Waals surface area contributed by atoms with E-state index >= 15 is 0 Å². The molecule has 0 spiro atoms. The van der Waals surface area contributed by atoms with E-state index in [0.29, 0.717) is 16.5 Å². The molecule has 12 heteroatoms. The minimum Gasteiger partial charge on any atom is -0.483 e. The van der Waals surface area contributed by atoms with Crippen molar-refractivity contribution in [3.05, 3.63) is 51.2 Å². The molecule has 0 saturated carbocycles. The molecule has 0 aliphatic carbocycles. The van der Waals surface area contributed by atoms with Gasteiger partial charge in [-0.1, -0.05) is 17.8 Å². The van der Waals surface area contributed by atoms with Crippen molar-refractivity contribution in [3.8, 4) is 5.75 Å². The van der Waals surface area contributed by atoms with Crippen molar-refractivity contribution in [2.24, 2.45) is 12.8 Å². The number of carbonyl (C=O) groups excluding carboxylic acids is 3. The van der Waals surface area contributed by atoms with Gasteiger partial charge < -0.3 is 25.1 Å². The van der Waals surface area contributed by atoms with E-state index < -0.39 is 11.9 Å². The SMILES string of the molecule is COC(=O)c1c(NC(=O)CSc2nnc(C(C)Oc3cc(C)cc(C)c3)n2C)sc(C(N)=O)c1C. The number of amides is 2. The summed E-state index contributed by atoms with van der Waals surface area (Å²) in [6.07, 6.45) is -0.360. The van der Waals surface area contributed by atoms with Crippen LogP contribution in [0, 0.1) is 20.8 Å². The highest BCUT2D eigenvalue weighted by Gasteiger charge is 2.25. The van der Waals surface area contributed by atoms with Gasteiger partial charge in [0.1, 0.15) is 10.8 Å². The Kier molecular flexibility index (Phi) is 8.18. The van der Waals surface area contributed by atoms with Crippen molar-refractivity contribution in [2.45, 2.75) is 39.0 Å². The summed E-state index contributed by atoms with van der Waals surface area (Å²) in [4.78, 5) is 36.7. The maximum atomic E-state index is 12.6. The van der Waals surface area contributed by atoms with Gasteiger partial charge in [-0.25, -0.2) is 4.79 Å². The van der Waals surface area contributed by atoms with E-state index in [1.807, 2.05) is 32.9 Å². The number of carbonyl (C=O) groups is 3. The van der Waals surface area contributed by atoms with Gasteiger partial charge in [-0.2, -0.15) is 0 Å². The maximum absolute atomic E-state index is 12.6. The van der Waals surface area contributed by atoms with E-state index in [4.69, 9.17) is 15.2 Å². The molecular formula is C23H27N5O5S2. The molecule has 1 atom stereocenters. The highest BCUT2D eigenvalue weighted by molar-refractivity contribution is 7.99. The van der Waals surface area contributed by atoms with Crippen LogP contribution in [0.15, 0.2) is 23.4 Å². The number of anilines is 1. The molecule has 186 valence electrons. The molecule has 10 nitrogen and oxygen atoms in total. The van der Waals surface area contributed by atoms with Crippen LogP contribution in [0.4, 0.5) is 5.00 Å². The number of aromatic nitrogens is 3. The lowest BCUT2D eigenvalue weighted by molar-refractivity contribution is -0.113. The monoisotopic (exact) mass is 517 g/mol. The third-order valence-corrected chi connectivity index (χ3v) is 7.33. The zero-order valence-corrected chi connectivity index (χ0v) is 21.9. The number of nitrogens with one attached hydrogen (secondary N) is 1. The Bertz CT molecular complexity index is 1260. The molecule has 0 aliphatic heterocycles. The topological polar surface area (TPSA) is 138 Å². The van der Waals surface area contributed by atoms with Crippen LogP contribution in [0.3, 0.4) is 0 Å². The Morgan fingerprint density at radius 2 is 1.83 bits per heavy atom. The summed E-state index contributed by atoms with van der Waals surface area (Å²) in [6.45, 7) is 7.47. The molecule has 0 saturated heterocycles. The van der Waals surface area contributed by atoms with Crippen molar-refractivity contribution in [1.82, 2.24) is 14.8 Å². The van der Waals surface area contributed by atoms with E-state index in [9.17, 15) is 14.4 Å². The number of primary amides is 1. The molecule has 3 rings (SSSR count). The molecule has 3 N–H and O–H groups in total. The number of ether oxygens (including phenoxy) is 2. The quantitative estimate of drug-likeness (QED) is 0.325. The van der Waals surface area contributed by atoms with Crippen LogP contribution in [0.5, 0.6) is 5.75 Å². The number of aryl methyl sites for hydroxylation is 2. The summed E-state index contributed by atoms with van der Waals surface area (Å²) >= 11 is 2.12. The lowest BCUT2D eigenvalue weighted by Gasteiger charge is -2.15. The van der Waals surface area contributed by atoms with Gasteiger partial charge >= 0.3 is 5.97 Å². The van der Waals surface area contributed by atoms with Gasteiger partial charge in [-0.15, -0.1) is 21.5 Å². The molecule has 3 aromatic rings. The molecule has 35 heavy (non-hydrogen) atoms. The summed E-state index contributed by atoms with van der Waals surface area (Å²) in [7, 11) is 3.02. The van der Waals surface area contributed by atoms with Gasteiger partial charge in [0, 0.05) is 7.05 Å². The fraction of sp³-hybridized carbons (Fsp3) is 0.348. The molecule has 2 aromatic heterocycles. The van der Waals surface area contributed by atoms with Gasteiger partial charge in [0.05, 0.1) is 23.3 Å². The summed E-state index contributed by atoms with van der Waals surface area (Å²) in [5.41, 5.74) is 8.07. The second-order valence-corrected chi connectivity index (χ2v) is 9.90. The minimum absolute atomic E-state index is 0.00174. The number of hydrogen-bond donors (Lipinski definition) is 2. The fourth-order valence-electron chi connectivity index (χ4n) is 3.54. The van der Waals surface area contributed by atoms with Crippen LogP contribution in [0.25, 0.3) is 0 Å². The van der Waals surface area contributed by atoms with Crippen molar-refractivity contribution in [3.63, 3.8) is 0 Å². The normalized spacial score (nSPS) is 11.7. The number of rotatable bonds is 9. The first-order chi connectivity index (χ1) is 16.5. The molecule has 2 heterocycles. The van der Waals surface area contributed by atoms with Gasteiger partial charge in [0.15, 0.2) is 17.1 Å².